The van der Waals surface area contributed by atoms with Crippen LogP contribution in [0.4, 0.5) is 5.69 Å². The Morgan fingerprint density at radius 1 is 1.64 bits per heavy atom. The topological polar surface area (TPSA) is 38.9 Å². The number of rotatable bonds is 0. The summed E-state index contributed by atoms with van der Waals surface area (Å²) < 4.78 is 0. The molecule has 1 rings (SSSR count). The molecule has 0 aliphatic carbocycles. The SMILES string of the molecule is C#Cc1cc(N)cnc1C.Cl. The van der Waals surface area contributed by atoms with Crippen LogP contribution in [-0.4, -0.2) is 4.98 Å². The van der Waals surface area contributed by atoms with E-state index < -0.39 is 0 Å². The molecule has 1 aromatic heterocycles. The van der Waals surface area contributed by atoms with Crippen molar-refractivity contribution >= 4 is 18.1 Å². The van der Waals surface area contributed by atoms with Crippen LogP contribution in [0.2, 0.25) is 0 Å². The number of nitrogens with two attached hydrogens (primary N) is 1. The molecule has 0 bridgehead atoms. The van der Waals surface area contributed by atoms with Crippen LogP contribution in [0.3, 0.4) is 0 Å². The first-order chi connectivity index (χ1) is 4.74. The Kier molecular flexibility index (Phi) is 3.43. The Balaban J connectivity index is 0.000001000. The van der Waals surface area contributed by atoms with Crippen LogP contribution in [-0.2, 0) is 0 Å². The second-order valence-corrected chi connectivity index (χ2v) is 2.05. The van der Waals surface area contributed by atoms with E-state index in [1.54, 1.807) is 12.3 Å². The average molecular weight is 169 g/mol. The molecule has 0 saturated carbocycles. The van der Waals surface area contributed by atoms with Crippen LogP contribution in [0, 0.1) is 19.3 Å². The van der Waals surface area contributed by atoms with E-state index in [9.17, 15) is 0 Å². The molecule has 0 fully saturated rings. The standard InChI is InChI=1S/C8H8N2.ClH/c1-3-7-4-8(9)5-10-6(7)2;/h1,4-5H,9H2,2H3;1H. The smallest absolute Gasteiger partial charge is 0.0530 e. The monoisotopic (exact) mass is 168 g/mol. The minimum absolute atomic E-state index is 0. The van der Waals surface area contributed by atoms with Gasteiger partial charge in [0.25, 0.3) is 0 Å². The number of hydrogen-bond acceptors (Lipinski definition) is 2. The number of nitrogens with zero attached hydrogens (tertiary/aromatic N) is 1. The quantitative estimate of drug-likeness (QED) is 0.595. The summed E-state index contributed by atoms with van der Waals surface area (Å²) in [6.45, 7) is 1.86. The normalized spacial score (nSPS) is 8.00. The zero-order valence-electron chi connectivity index (χ0n) is 6.16. The molecule has 0 aliphatic heterocycles. The largest absolute Gasteiger partial charge is 0.397 e. The van der Waals surface area contributed by atoms with Crippen molar-refractivity contribution in [2.75, 3.05) is 5.73 Å². The Bertz CT molecular complexity index is 289. The number of aromatic nitrogens is 1. The molecular formula is C8H9ClN2. The molecule has 2 N–H and O–H groups in total. The van der Waals surface area contributed by atoms with Crippen molar-refractivity contribution in [2.45, 2.75) is 6.92 Å². The van der Waals surface area contributed by atoms with E-state index in [2.05, 4.69) is 10.9 Å². The molecule has 0 amide bonds. The summed E-state index contributed by atoms with van der Waals surface area (Å²) in [6.07, 6.45) is 6.77. The van der Waals surface area contributed by atoms with Gasteiger partial charge in [-0.05, 0) is 13.0 Å². The highest BCUT2D eigenvalue weighted by molar-refractivity contribution is 5.85. The zero-order valence-corrected chi connectivity index (χ0v) is 6.98. The van der Waals surface area contributed by atoms with Crippen molar-refractivity contribution in [1.29, 1.82) is 0 Å². The molecule has 0 unspecified atom stereocenters. The van der Waals surface area contributed by atoms with Gasteiger partial charge in [-0.2, -0.15) is 0 Å². The molecule has 3 heteroatoms. The third-order valence-electron chi connectivity index (χ3n) is 1.26. The van der Waals surface area contributed by atoms with Crippen LogP contribution in [0.1, 0.15) is 11.3 Å². The summed E-state index contributed by atoms with van der Waals surface area (Å²) >= 11 is 0. The highest BCUT2D eigenvalue weighted by Gasteiger charge is 1.94. The number of terminal acetylenes is 1. The minimum Gasteiger partial charge on any atom is -0.397 e. The first-order valence-corrected chi connectivity index (χ1v) is 2.93. The Hall–Kier alpha value is -1.20. The fourth-order valence-electron chi connectivity index (χ4n) is 0.695. The van der Waals surface area contributed by atoms with Crippen molar-refractivity contribution in [3.05, 3.63) is 23.5 Å². The Labute approximate surface area is 72.2 Å². The lowest BCUT2D eigenvalue weighted by Crippen LogP contribution is -1.91. The van der Waals surface area contributed by atoms with Gasteiger partial charge < -0.3 is 5.73 Å². The van der Waals surface area contributed by atoms with Gasteiger partial charge >= 0.3 is 0 Å². The van der Waals surface area contributed by atoms with E-state index in [1.165, 1.54) is 0 Å². The van der Waals surface area contributed by atoms with Gasteiger partial charge in [0.15, 0.2) is 0 Å². The van der Waals surface area contributed by atoms with Gasteiger partial charge in [-0.1, -0.05) is 5.92 Å². The van der Waals surface area contributed by atoms with Gasteiger partial charge in [-0.3, -0.25) is 4.98 Å². The van der Waals surface area contributed by atoms with Crippen LogP contribution in [0.25, 0.3) is 0 Å². The van der Waals surface area contributed by atoms with Crippen molar-refractivity contribution in [2.24, 2.45) is 0 Å². The lowest BCUT2D eigenvalue weighted by Gasteiger charge is -1.96. The number of pyridine rings is 1. The number of hydrogen-bond donors (Lipinski definition) is 1. The zero-order chi connectivity index (χ0) is 7.56. The van der Waals surface area contributed by atoms with Crippen LogP contribution in [0.15, 0.2) is 12.3 Å². The molecule has 0 atom stereocenters. The number of halogens is 1. The van der Waals surface area contributed by atoms with E-state index in [4.69, 9.17) is 12.2 Å². The lowest BCUT2D eigenvalue weighted by molar-refractivity contribution is 1.19. The molecule has 1 aromatic rings. The van der Waals surface area contributed by atoms with Crippen molar-refractivity contribution in [3.63, 3.8) is 0 Å². The second kappa shape index (κ2) is 3.85. The van der Waals surface area contributed by atoms with E-state index in [0.29, 0.717) is 5.69 Å². The van der Waals surface area contributed by atoms with Gasteiger partial charge in [0.1, 0.15) is 0 Å². The van der Waals surface area contributed by atoms with Crippen molar-refractivity contribution in [3.8, 4) is 12.3 Å². The second-order valence-electron chi connectivity index (χ2n) is 2.05. The average Bonchev–Trinajstić information content (AvgIpc) is 1.94. The molecule has 0 saturated heterocycles. The maximum Gasteiger partial charge on any atom is 0.0530 e. The highest BCUT2D eigenvalue weighted by Crippen LogP contribution is 2.06. The number of nitrogen functional groups attached to an aromatic ring is 1. The molecule has 1 heterocycles. The van der Waals surface area contributed by atoms with Crippen LogP contribution < -0.4 is 5.73 Å². The maximum atomic E-state index is 5.44. The first kappa shape index (κ1) is 9.80. The summed E-state index contributed by atoms with van der Waals surface area (Å²) in [5, 5.41) is 0. The van der Waals surface area contributed by atoms with E-state index in [-0.39, 0.29) is 12.4 Å². The summed E-state index contributed by atoms with van der Waals surface area (Å²) in [5.41, 5.74) is 7.66. The number of aryl methyl sites for hydroxylation is 1. The fourth-order valence-corrected chi connectivity index (χ4v) is 0.695. The van der Waals surface area contributed by atoms with Crippen LogP contribution in [0.5, 0.6) is 0 Å². The third kappa shape index (κ3) is 2.14. The summed E-state index contributed by atoms with van der Waals surface area (Å²) in [5.74, 6) is 2.49. The maximum absolute atomic E-state index is 5.44. The minimum atomic E-state index is 0. The lowest BCUT2D eigenvalue weighted by atomic mass is 10.2. The summed E-state index contributed by atoms with van der Waals surface area (Å²) in [4.78, 5) is 3.98. The van der Waals surface area contributed by atoms with Gasteiger partial charge in [0.2, 0.25) is 0 Å². The van der Waals surface area contributed by atoms with E-state index >= 15 is 0 Å². The molecule has 58 valence electrons. The Morgan fingerprint density at radius 3 is 2.73 bits per heavy atom. The van der Waals surface area contributed by atoms with Gasteiger partial charge in [0.05, 0.1) is 17.6 Å². The van der Waals surface area contributed by atoms with Gasteiger partial charge in [-0.15, -0.1) is 18.8 Å². The molecule has 0 aromatic carbocycles. The van der Waals surface area contributed by atoms with E-state index in [1.807, 2.05) is 6.92 Å². The van der Waals surface area contributed by atoms with Crippen molar-refractivity contribution in [1.82, 2.24) is 4.98 Å². The molecule has 11 heavy (non-hydrogen) atoms. The molecule has 0 aliphatic rings. The number of anilines is 1. The molecular weight excluding hydrogens is 160 g/mol. The molecule has 0 radical (unpaired) electrons. The predicted molar refractivity (Wildman–Crippen MR) is 48.6 cm³/mol. The van der Waals surface area contributed by atoms with Gasteiger partial charge in [0, 0.05) is 5.56 Å². The highest BCUT2D eigenvalue weighted by atomic mass is 35.5. The fraction of sp³-hybridized carbons (Fsp3) is 0.125. The molecule has 2 nitrogen and oxygen atoms in total. The van der Waals surface area contributed by atoms with Crippen LogP contribution >= 0.6 is 12.4 Å². The van der Waals surface area contributed by atoms with Crippen molar-refractivity contribution < 1.29 is 0 Å². The first-order valence-electron chi connectivity index (χ1n) is 2.93. The summed E-state index contributed by atoms with van der Waals surface area (Å²) in [6, 6.07) is 1.74. The van der Waals surface area contributed by atoms with E-state index in [0.717, 1.165) is 11.3 Å². The molecule has 0 spiro atoms. The predicted octanol–water partition coefficient (Wildman–Crippen LogP) is 1.38. The Morgan fingerprint density at radius 2 is 2.27 bits per heavy atom. The summed E-state index contributed by atoms with van der Waals surface area (Å²) in [7, 11) is 0. The van der Waals surface area contributed by atoms with Gasteiger partial charge in [-0.25, -0.2) is 0 Å². The third-order valence-corrected chi connectivity index (χ3v) is 1.26.